The first-order chi connectivity index (χ1) is 14.1. The monoisotopic (exact) mass is 501 g/mol. The summed E-state index contributed by atoms with van der Waals surface area (Å²) in [6.07, 6.45) is 0.390. The van der Waals surface area contributed by atoms with Crippen LogP contribution in [0.4, 0.5) is 0 Å². The maximum atomic E-state index is 13.6. The minimum Gasteiger partial charge on any atom is -0.329 e. The molecule has 0 saturated carbocycles. The normalized spacial score (nSPS) is 18.1. The number of carbonyl (C=O) groups is 1. The number of sulfone groups is 1. The van der Waals surface area contributed by atoms with Crippen molar-refractivity contribution in [3.8, 4) is 0 Å². The number of nitrogens with zero attached hydrogens (tertiary/aromatic N) is 1. The third kappa shape index (κ3) is 4.34. The van der Waals surface area contributed by atoms with E-state index in [0.717, 1.165) is 15.6 Å². The predicted octanol–water partition coefficient (Wildman–Crippen LogP) is 6.00. The van der Waals surface area contributed by atoms with Crippen molar-refractivity contribution in [2.75, 3.05) is 11.5 Å². The molecule has 1 saturated heterocycles. The molecule has 9 heteroatoms. The molecule has 0 radical (unpaired) electrons. The van der Waals surface area contributed by atoms with Crippen LogP contribution in [0, 0.1) is 6.92 Å². The molecule has 2 heterocycles. The number of hydrogen-bond donors (Lipinski definition) is 0. The molecule has 1 unspecified atom stereocenters. The van der Waals surface area contributed by atoms with Crippen LogP contribution in [0.25, 0.3) is 10.1 Å². The van der Waals surface area contributed by atoms with Crippen LogP contribution in [0.15, 0.2) is 36.4 Å². The van der Waals surface area contributed by atoms with Gasteiger partial charge in [0.25, 0.3) is 5.91 Å². The van der Waals surface area contributed by atoms with E-state index in [4.69, 9.17) is 34.8 Å². The first kappa shape index (κ1) is 21.9. The van der Waals surface area contributed by atoms with E-state index in [2.05, 4.69) is 0 Å². The van der Waals surface area contributed by atoms with Crippen molar-refractivity contribution in [3.63, 3.8) is 0 Å². The van der Waals surface area contributed by atoms with Gasteiger partial charge in [0, 0.05) is 32.7 Å². The molecule has 4 nitrogen and oxygen atoms in total. The minimum atomic E-state index is -3.18. The highest BCUT2D eigenvalue weighted by Crippen LogP contribution is 2.38. The van der Waals surface area contributed by atoms with Gasteiger partial charge in [-0.3, -0.25) is 4.79 Å². The number of carbonyl (C=O) groups excluding carboxylic acids is 1. The maximum Gasteiger partial charge on any atom is 0.266 e. The zero-order chi connectivity index (χ0) is 21.6. The Kier molecular flexibility index (Phi) is 6.08. The fourth-order valence-corrected chi connectivity index (χ4v) is 7.43. The number of fused-ring (bicyclic) bond motifs is 1. The number of benzene rings is 2. The zero-order valence-corrected chi connectivity index (χ0v) is 19.9. The Balaban J connectivity index is 1.75. The van der Waals surface area contributed by atoms with E-state index in [0.29, 0.717) is 31.9 Å². The first-order valence-corrected chi connectivity index (χ1v) is 13.1. The van der Waals surface area contributed by atoms with Crippen molar-refractivity contribution >= 4 is 72.0 Å². The topological polar surface area (TPSA) is 54.5 Å². The fraction of sp³-hybridized carbons (Fsp3) is 0.286. The average Bonchev–Trinajstić information content (AvgIpc) is 3.19. The van der Waals surface area contributed by atoms with Crippen molar-refractivity contribution < 1.29 is 13.2 Å². The van der Waals surface area contributed by atoms with Crippen LogP contribution in [0.2, 0.25) is 15.1 Å². The van der Waals surface area contributed by atoms with E-state index in [9.17, 15) is 13.2 Å². The third-order valence-corrected chi connectivity index (χ3v) is 9.23. The van der Waals surface area contributed by atoms with Crippen molar-refractivity contribution in [2.24, 2.45) is 0 Å². The lowest BCUT2D eigenvalue weighted by atomic mass is 10.1. The number of aryl methyl sites for hydroxylation is 1. The molecule has 1 aromatic heterocycles. The third-order valence-electron chi connectivity index (χ3n) is 5.25. The average molecular weight is 503 g/mol. The van der Waals surface area contributed by atoms with E-state index in [-0.39, 0.29) is 24.0 Å². The first-order valence-electron chi connectivity index (χ1n) is 9.28. The molecule has 4 rings (SSSR count). The van der Waals surface area contributed by atoms with Gasteiger partial charge >= 0.3 is 0 Å². The summed E-state index contributed by atoms with van der Waals surface area (Å²) in [5, 5.41) is 2.14. The van der Waals surface area contributed by atoms with Gasteiger partial charge in [-0.25, -0.2) is 8.42 Å². The molecular formula is C21H18Cl3NO3S2. The van der Waals surface area contributed by atoms with Gasteiger partial charge in [0.15, 0.2) is 9.84 Å². The van der Waals surface area contributed by atoms with Gasteiger partial charge in [0.1, 0.15) is 4.88 Å². The van der Waals surface area contributed by atoms with Crippen LogP contribution in [-0.4, -0.2) is 36.8 Å². The summed E-state index contributed by atoms with van der Waals surface area (Å²) in [6.45, 7) is 2.16. The minimum absolute atomic E-state index is 0.0639. The van der Waals surface area contributed by atoms with Crippen LogP contribution < -0.4 is 0 Å². The molecule has 0 N–H and O–H groups in total. The summed E-state index contributed by atoms with van der Waals surface area (Å²) >= 11 is 20.2. The Bertz CT molecular complexity index is 1250. The standard InChI is InChI=1S/C21H18Cl3NO3S2/c1-12-2-5-16-18(8-12)29-20(19(16)24)21(26)25(15-6-7-30(27,28)11-15)10-13-3-4-14(22)9-17(13)23/h2-5,8-9,15H,6-7,10-11H2,1H3. The Morgan fingerprint density at radius 1 is 1.17 bits per heavy atom. The lowest BCUT2D eigenvalue weighted by Crippen LogP contribution is -2.40. The Morgan fingerprint density at radius 2 is 1.93 bits per heavy atom. The molecule has 0 bridgehead atoms. The van der Waals surface area contributed by atoms with Crippen LogP contribution in [0.3, 0.4) is 0 Å². The van der Waals surface area contributed by atoms with Crippen LogP contribution in [-0.2, 0) is 16.4 Å². The van der Waals surface area contributed by atoms with Gasteiger partial charge in [-0.1, -0.05) is 53.0 Å². The highest BCUT2D eigenvalue weighted by atomic mass is 35.5. The number of halogens is 3. The maximum absolute atomic E-state index is 13.6. The molecule has 158 valence electrons. The largest absolute Gasteiger partial charge is 0.329 e. The highest BCUT2D eigenvalue weighted by Gasteiger charge is 2.36. The van der Waals surface area contributed by atoms with E-state index < -0.39 is 15.9 Å². The Morgan fingerprint density at radius 3 is 2.60 bits per heavy atom. The van der Waals surface area contributed by atoms with E-state index >= 15 is 0 Å². The lowest BCUT2D eigenvalue weighted by Gasteiger charge is -2.28. The summed E-state index contributed by atoms with van der Waals surface area (Å²) in [5.41, 5.74) is 1.78. The summed E-state index contributed by atoms with van der Waals surface area (Å²) in [5.74, 6) is -0.285. The summed E-state index contributed by atoms with van der Waals surface area (Å²) in [6, 6.07) is 10.5. The quantitative estimate of drug-likeness (QED) is 0.440. The predicted molar refractivity (Wildman–Crippen MR) is 125 cm³/mol. The van der Waals surface area contributed by atoms with Crippen LogP contribution in [0.1, 0.15) is 27.2 Å². The molecule has 0 spiro atoms. The highest BCUT2D eigenvalue weighted by molar-refractivity contribution is 7.91. The number of amides is 1. The van der Waals surface area contributed by atoms with Gasteiger partial charge in [0.05, 0.1) is 16.5 Å². The molecule has 1 atom stereocenters. The van der Waals surface area contributed by atoms with Crippen molar-refractivity contribution in [3.05, 3.63) is 67.5 Å². The molecular weight excluding hydrogens is 485 g/mol. The molecule has 2 aromatic carbocycles. The Labute approximate surface area is 194 Å². The van der Waals surface area contributed by atoms with Gasteiger partial charge < -0.3 is 4.90 Å². The molecule has 30 heavy (non-hydrogen) atoms. The van der Waals surface area contributed by atoms with Crippen molar-refractivity contribution in [2.45, 2.75) is 25.9 Å². The smallest absolute Gasteiger partial charge is 0.266 e. The van der Waals surface area contributed by atoms with E-state index in [1.54, 1.807) is 23.1 Å². The molecule has 1 fully saturated rings. The van der Waals surface area contributed by atoms with E-state index in [1.807, 2.05) is 25.1 Å². The van der Waals surface area contributed by atoms with Crippen LogP contribution in [0.5, 0.6) is 0 Å². The van der Waals surface area contributed by atoms with Crippen molar-refractivity contribution in [1.29, 1.82) is 0 Å². The second kappa shape index (κ2) is 8.32. The molecule has 1 aliphatic rings. The molecule has 1 aliphatic heterocycles. The number of rotatable bonds is 4. The molecule has 1 amide bonds. The number of hydrogen-bond acceptors (Lipinski definition) is 4. The van der Waals surface area contributed by atoms with E-state index in [1.165, 1.54) is 11.3 Å². The fourth-order valence-electron chi connectivity index (χ4n) is 3.66. The second-order valence-corrected chi connectivity index (χ2v) is 12.0. The summed E-state index contributed by atoms with van der Waals surface area (Å²) in [7, 11) is -3.18. The summed E-state index contributed by atoms with van der Waals surface area (Å²) < 4.78 is 25.1. The SMILES string of the molecule is Cc1ccc2c(Cl)c(C(=O)N(Cc3ccc(Cl)cc3Cl)C3CCS(=O)(=O)C3)sc2c1. The van der Waals surface area contributed by atoms with Gasteiger partial charge in [0.2, 0.25) is 0 Å². The Hall–Kier alpha value is -1.31. The van der Waals surface area contributed by atoms with Gasteiger partial charge in [-0.15, -0.1) is 11.3 Å². The van der Waals surface area contributed by atoms with Gasteiger partial charge in [-0.2, -0.15) is 0 Å². The van der Waals surface area contributed by atoms with Crippen molar-refractivity contribution in [1.82, 2.24) is 4.90 Å². The lowest BCUT2D eigenvalue weighted by molar-refractivity contribution is 0.0686. The molecule has 3 aromatic rings. The second-order valence-electron chi connectivity index (χ2n) is 7.47. The van der Waals surface area contributed by atoms with Gasteiger partial charge in [-0.05, 0) is 42.7 Å². The van der Waals surface area contributed by atoms with Crippen LogP contribution >= 0.6 is 46.1 Å². The summed E-state index contributed by atoms with van der Waals surface area (Å²) in [4.78, 5) is 15.6. The number of thiophene rings is 1. The molecule has 0 aliphatic carbocycles. The zero-order valence-electron chi connectivity index (χ0n) is 16.0.